The molecule has 0 fully saturated rings. The average Bonchev–Trinajstić information content (AvgIpc) is 2.68. The number of hydrogen-bond donors (Lipinski definition) is 1. The highest BCUT2D eigenvalue weighted by atomic mass is 32.1. The van der Waals surface area contributed by atoms with Crippen molar-refractivity contribution in [2.75, 3.05) is 0 Å². The molecule has 0 saturated heterocycles. The number of thiophene rings is 1. The van der Waals surface area contributed by atoms with Crippen molar-refractivity contribution >= 4 is 17.3 Å². The Kier molecular flexibility index (Phi) is 2.81. The molecule has 17 heavy (non-hydrogen) atoms. The Morgan fingerprint density at radius 1 is 1.47 bits per heavy atom. The lowest BCUT2D eigenvalue weighted by Crippen LogP contribution is -2.26. The van der Waals surface area contributed by atoms with Crippen LogP contribution in [0.25, 0.3) is 10.6 Å². The molecule has 0 spiro atoms. The minimum Gasteiger partial charge on any atom is -0.477 e. The molecule has 88 valence electrons. The zero-order chi connectivity index (χ0) is 12.6. The molecule has 2 rings (SSSR count). The first-order valence-electron chi connectivity index (χ1n) is 4.87. The fourth-order valence-electron chi connectivity index (χ4n) is 1.45. The smallest absolute Gasteiger partial charge is 0.341 e. The second-order valence-electron chi connectivity index (χ2n) is 3.59. The van der Waals surface area contributed by atoms with E-state index in [9.17, 15) is 9.59 Å². The molecule has 0 aliphatic rings. The van der Waals surface area contributed by atoms with Crippen LogP contribution in [0.15, 0.2) is 23.0 Å². The first kappa shape index (κ1) is 11.5. The number of carboxylic acids is 1. The van der Waals surface area contributed by atoms with Crippen molar-refractivity contribution in [3.05, 3.63) is 39.0 Å². The summed E-state index contributed by atoms with van der Waals surface area (Å²) in [6.45, 7) is 1.95. The quantitative estimate of drug-likeness (QED) is 0.877. The van der Waals surface area contributed by atoms with E-state index in [2.05, 4.69) is 5.10 Å². The highest BCUT2D eigenvalue weighted by Gasteiger charge is 2.14. The normalized spacial score (nSPS) is 10.5. The van der Waals surface area contributed by atoms with Gasteiger partial charge in [0.25, 0.3) is 5.56 Å². The third-order valence-corrected chi connectivity index (χ3v) is 3.31. The zero-order valence-electron chi connectivity index (χ0n) is 9.30. The van der Waals surface area contributed by atoms with Crippen LogP contribution in [0.1, 0.15) is 15.2 Å². The van der Waals surface area contributed by atoms with Crippen LogP contribution < -0.4 is 5.56 Å². The predicted octanol–water partition coefficient (Wildman–Crippen LogP) is 1.52. The van der Waals surface area contributed by atoms with Crippen molar-refractivity contribution < 1.29 is 9.90 Å². The van der Waals surface area contributed by atoms with Gasteiger partial charge in [-0.2, -0.15) is 5.10 Å². The Balaban J connectivity index is 2.65. The maximum Gasteiger partial charge on any atom is 0.341 e. The summed E-state index contributed by atoms with van der Waals surface area (Å²) >= 11 is 1.51. The summed E-state index contributed by atoms with van der Waals surface area (Å²) in [5, 5.41) is 13.0. The van der Waals surface area contributed by atoms with E-state index >= 15 is 0 Å². The van der Waals surface area contributed by atoms with Gasteiger partial charge in [-0.1, -0.05) is 0 Å². The van der Waals surface area contributed by atoms with E-state index in [-0.39, 0.29) is 5.56 Å². The van der Waals surface area contributed by atoms with Gasteiger partial charge in [-0.15, -0.1) is 11.3 Å². The number of carbonyl (C=O) groups is 1. The summed E-state index contributed by atoms with van der Waals surface area (Å²) in [7, 11) is 1.44. The largest absolute Gasteiger partial charge is 0.477 e. The van der Waals surface area contributed by atoms with E-state index < -0.39 is 11.5 Å². The molecule has 1 N–H and O–H groups in total. The van der Waals surface area contributed by atoms with E-state index in [1.165, 1.54) is 24.5 Å². The van der Waals surface area contributed by atoms with Crippen molar-refractivity contribution in [1.29, 1.82) is 0 Å². The average molecular weight is 250 g/mol. The minimum atomic E-state index is -1.23. The summed E-state index contributed by atoms with van der Waals surface area (Å²) in [6.07, 6.45) is 0. The van der Waals surface area contributed by atoms with Crippen LogP contribution in [0, 0.1) is 6.92 Å². The van der Waals surface area contributed by atoms with Crippen LogP contribution in [-0.4, -0.2) is 20.9 Å². The molecule has 2 heterocycles. The molecule has 0 unspecified atom stereocenters. The number of nitrogens with zero attached hydrogens (tertiary/aromatic N) is 2. The zero-order valence-corrected chi connectivity index (χ0v) is 10.1. The summed E-state index contributed by atoms with van der Waals surface area (Å²) in [5.74, 6) is -1.23. The molecular weight excluding hydrogens is 240 g/mol. The van der Waals surface area contributed by atoms with Gasteiger partial charge in [0.2, 0.25) is 0 Å². The molecule has 0 bridgehead atoms. The number of aromatic carboxylic acids is 1. The molecule has 0 aliphatic carbocycles. The number of carboxylic acid groups (broad SMARTS) is 1. The third kappa shape index (κ3) is 2.12. The van der Waals surface area contributed by atoms with Crippen LogP contribution in [0.5, 0.6) is 0 Å². The van der Waals surface area contributed by atoms with Gasteiger partial charge in [0.15, 0.2) is 0 Å². The second-order valence-corrected chi connectivity index (χ2v) is 4.88. The minimum absolute atomic E-state index is 0.261. The number of rotatable bonds is 2. The SMILES string of the molecule is Cc1ccc(-c2cc(C(=O)O)c(=O)n(C)n2)s1. The van der Waals surface area contributed by atoms with E-state index in [1.807, 2.05) is 19.1 Å². The monoisotopic (exact) mass is 250 g/mol. The van der Waals surface area contributed by atoms with Gasteiger partial charge < -0.3 is 5.11 Å². The van der Waals surface area contributed by atoms with Crippen LogP contribution in [0.3, 0.4) is 0 Å². The van der Waals surface area contributed by atoms with Gasteiger partial charge in [0.05, 0.1) is 4.88 Å². The fraction of sp³-hybridized carbons (Fsp3) is 0.182. The van der Waals surface area contributed by atoms with Crippen molar-refractivity contribution in [3.8, 4) is 10.6 Å². The van der Waals surface area contributed by atoms with Crippen LogP contribution in [-0.2, 0) is 7.05 Å². The lowest BCUT2D eigenvalue weighted by molar-refractivity contribution is 0.0694. The van der Waals surface area contributed by atoms with Gasteiger partial charge in [0, 0.05) is 11.9 Å². The van der Waals surface area contributed by atoms with Crippen molar-refractivity contribution in [3.63, 3.8) is 0 Å². The van der Waals surface area contributed by atoms with E-state index in [0.717, 1.165) is 14.4 Å². The van der Waals surface area contributed by atoms with Gasteiger partial charge in [-0.3, -0.25) is 4.79 Å². The second kappa shape index (κ2) is 4.14. The molecule has 0 aromatic carbocycles. The van der Waals surface area contributed by atoms with Crippen LogP contribution in [0.4, 0.5) is 0 Å². The van der Waals surface area contributed by atoms with E-state index in [0.29, 0.717) is 5.69 Å². The van der Waals surface area contributed by atoms with Crippen LogP contribution in [0.2, 0.25) is 0 Å². The Labute approximate surface area is 101 Å². The van der Waals surface area contributed by atoms with Gasteiger partial charge in [-0.25, -0.2) is 9.48 Å². The molecule has 0 aliphatic heterocycles. The summed E-state index contributed by atoms with van der Waals surface area (Å²) in [6, 6.07) is 5.10. The highest BCUT2D eigenvalue weighted by molar-refractivity contribution is 7.15. The van der Waals surface area contributed by atoms with Gasteiger partial charge in [0.1, 0.15) is 11.3 Å². The Morgan fingerprint density at radius 3 is 2.71 bits per heavy atom. The molecule has 5 nitrogen and oxygen atoms in total. The molecule has 0 amide bonds. The highest BCUT2D eigenvalue weighted by Crippen LogP contribution is 2.25. The van der Waals surface area contributed by atoms with E-state index in [4.69, 9.17) is 5.11 Å². The Morgan fingerprint density at radius 2 is 2.18 bits per heavy atom. The molecule has 0 saturated carbocycles. The lowest BCUT2D eigenvalue weighted by Gasteiger charge is -2.02. The molecular formula is C11H10N2O3S. The molecule has 2 aromatic heterocycles. The van der Waals surface area contributed by atoms with Crippen LogP contribution >= 0.6 is 11.3 Å². The maximum absolute atomic E-state index is 11.5. The third-order valence-electron chi connectivity index (χ3n) is 2.29. The maximum atomic E-state index is 11.5. The number of aromatic nitrogens is 2. The van der Waals surface area contributed by atoms with Crippen molar-refractivity contribution in [2.24, 2.45) is 7.05 Å². The Bertz CT molecular complexity index is 642. The standard InChI is InChI=1S/C11H10N2O3S/c1-6-3-4-9(17-6)8-5-7(11(15)16)10(14)13(2)12-8/h3-5H,1-2H3,(H,15,16). The first-order chi connectivity index (χ1) is 7.99. The van der Waals surface area contributed by atoms with Crippen molar-refractivity contribution in [2.45, 2.75) is 6.92 Å². The number of aryl methyl sites for hydroxylation is 2. The molecule has 0 radical (unpaired) electrons. The van der Waals surface area contributed by atoms with Gasteiger partial charge >= 0.3 is 5.97 Å². The van der Waals surface area contributed by atoms with E-state index in [1.54, 1.807) is 0 Å². The van der Waals surface area contributed by atoms with Crippen molar-refractivity contribution in [1.82, 2.24) is 9.78 Å². The predicted molar refractivity (Wildman–Crippen MR) is 64.5 cm³/mol. The molecule has 6 heteroatoms. The van der Waals surface area contributed by atoms with Gasteiger partial charge in [-0.05, 0) is 25.1 Å². The number of hydrogen-bond acceptors (Lipinski definition) is 4. The summed E-state index contributed by atoms with van der Waals surface area (Å²) in [4.78, 5) is 24.4. The summed E-state index contributed by atoms with van der Waals surface area (Å²) in [5.41, 5.74) is -0.360. The first-order valence-corrected chi connectivity index (χ1v) is 5.69. The topological polar surface area (TPSA) is 72.2 Å². The molecule has 2 aromatic rings. The summed E-state index contributed by atoms with van der Waals surface area (Å²) < 4.78 is 1.05. The molecule has 0 atom stereocenters. The lowest BCUT2D eigenvalue weighted by atomic mass is 10.2. The Hall–Kier alpha value is -1.95. The fourth-order valence-corrected chi connectivity index (χ4v) is 2.28.